The van der Waals surface area contributed by atoms with Crippen LogP contribution < -0.4 is 5.73 Å². The fourth-order valence-electron chi connectivity index (χ4n) is 2.19. The van der Waals surface area contributed by atoms with E-state index in [1.807, 2.05) is 6.07 Å². The van der Waals surface area contributed by atoms with E-state index in [9.17, 15) is 0 Å². The van der Waals surface area contributed by atoms with Gasteiger partial charge in [0.15, 0.2) is 0 Å². The molecule has 2 N–H and O–H groups in total. The fourth-order valence-corrected chi connectivity index (χ4v) is 2.75. The van der Waals surface area contributed by atoms with E-state index in [2.05, 4.69) is 39.9 Å². The van der Waals surface area contributed by atoms with E-state index in [-0.39, 0.29) is 0 Å². The molecule has 1 aliphatic heterocycles. The number of anilines is 1. The molecule has 0 spiro atoms. The van der Waals surface area contributed by atoms with Crippen molar-refractivity contribution in [2.75, 3.05) is 18.8 Å². The Kier molecular flexibility index (Phi) is 3.32. The molecule has 1 unspecified atom stereocenters. The Hall–Kier alpha value is -0.540. The predicted octanol–water partition coefficient (Wildman–Crippen LogP) is 2.87. The minimum Gasteiger partial charge on any atom is -0.399 e. The van der Waals surface area contributed by atoms with Crippen molar-refractivity contribution < 1.29 is 0 Å². The molecule has 0 aliphatic carbocycles. The first-order valence-electron chi connectivity index (χ1n) is 5.41. The third kappa shape index (κ3) is 2.95. The molecule has 15 heavy (non-hydrogen) atoms. The van der Waals surface area contributed by atoms with Gasteiger partial charge in [0.25, 0.3) is 0 Å². The van der Waals surface area contributed by atoms with E-state index in [0.717, 1.165) is 22.6 Å². The van der Waals surface area contributed by atoms with Gasteiger partial charge >= 0.3 is 0 Å². The fraction of sp³-hybridized carbons (Fsp3) is 0.500. The lowest BCUT2D eigenvalue weighted by Gasteiger charge is -2.15. The summed E-state index contributed by atoms with van der Waals surface area (Å²) in [7, 11) is 0. The Morgan fingerprint density at radius 1 is 1.47 bits per heavy atom. The normalized spacial score (nSPS) is 22.1. The quantitative estimate of drug-likeness (QED) is 0.836. The van der Waals surface area contributed by atoms with Gasteiger partial charge in [-0.3, -0.25) is 4.90 Å². The second-order valence-corrected chi connectivity index (χ2v) is 5.44. The minimum absolute atomic E-state index is 0.839. The third-order valence-electron chi connectivity index (χ3n) is 2.89. The topological polar surface area (TPSA) is 29.3 Å². The summed E-state index contributed by atoms with van der Waals surface area (Å²) < 4.78 is 1.07. The highest BCUT2D eigenvalue weighted by atomic mass is 79.9. The van der Waals surface area contributed by atoms with Crippen LogP contribution in [0.15, 0.2) is 22.7 Å². The highest BCUT2D eigenvalue weighted by Gasteiger charge is 2.18. The van der Waals surface area contributed by atoms with Crippen molar-refractivity contribution in [2.45, 2.75) is 19.9 Å². The van der Waals surface area contributed by atoms with Crippen molar-refractivity contribution >= 4 is 21.6 Å². The van der Waals surface area contributed by atoms with Gasteiger partial charge in [-0.25, -0.2) is 0 Å². The Balaban J connectivity index is 2.04. The van der Waals surface area contributed by atoms with Gasteiger partial charge in [0.2, 0.25) is 0 Å². The number of benzene rings is 1. The standard InChI is InChI=1S/C12H17BrN2/c1-9-2-3-15(7-9)8-10-4-11(13)6-12(14)5-10/h4-6,9H,2-3,7-8,14H2,1H3. The van der Waals surface area contributed by atoms with Crippen molar-refractivity contribution in [1.29, 1.82) is 0 Å². The number of rotatable bonds is 2. The molecule has 0 amide bonds. The highest BCUT2D eigenvalue weighted by Crippen LogP contribution is 2.21. The molecule has 1 fully saturated rings. The monoisotopic (exact) mass is 268 g/mol. The van der Waals surface area contributed by atoms with E-state index < -0.39 is 0 Å². The Morgan fingerprint density at radius 2 is 2.27 bits per heavy atom. The van der Waals surface area contributed by atoms with E-state index >= 15 is 0 Å². The summed E-state index contributed by atoms with van der Waals surface area (Å²) in [4.78, 5) is 2.49. The Morgan fingerprint density at radius 3 is 2.87 bits per heavy atom. The summed E-state index contributed by atoms with van der Waals surface area (Å²) in [5.41, 5.74) is 7.95. The average Bonchev–Trinajstić information content (AvgIpc) is 2.49. The van der Waals surface area contributed by atoms with Gasteiger partial charge in [-0.15, -0.1) is 0 Å². The predicted molar refractivity (Wildman–Crippen MR) is 67.6 cm³/mol. The van der Waals surface area contributed by atoms with Crippen molar-refractivity contribution in [1.82, 2.24) is 4.90 Å². The van der Waals surface area contributed by atoms with E-state index in [4.69, 9.17) is 5.73 Å². The van der Waals surface area contributed by atoms with Crippen molar-refractivity contribution in [3.05, 3.63) is 28.2 Å². The maximum atomic E-state index is 5.81. The second-order valence-electron chi connectivity index (χ2n) is 4.52. The first kappa shape index (κ1) is 11.0. The summed E-state index contributed by atoms with van der Waals surface area (Å²) in [5, 5.41) is 0. The lowest BCUT2D eigenvalue weighted by atomic mass is 10.2. The number of likely N-dealkylation sites (tertiary alicyclic amines) is 1. The highest BCUT2D eigenvalue weighted by molar-refractivity contribution is 9.10. The maximum absolute atomic E-state index is 5.81. The zero-order chi connectivity index (χ0) is 10.8. The molecule has 0 bridgehead atoms. The van der Waals surface area contributed by atoms with Crippen LogP contribution in [-0.4, -0.2) is 18.0 Å². The van der Waals surface area contributed by atoms with Crippen LogP contribution in [-0.2, 0) is 6.54 Å². The van der Waals surface area contributed by atoms with Crippen LogP contribution in [0.25, 0.3) is 0 Å². The average molecular weight is 269 g/mol. The molecule has 82 valence electrons. The van der Waals surface area contributed by atoms with Crippen LogP contribution in [0.2, 0.25) is 0 Å². The largest absolute Gasteiger partial charge is 0.399 e. The summed E-state index contributed by atoms with van der Waals surface area (Å²) in [6.07, 6.45) is 1.32. The number of nitrogens with two attached hydrogens (primary N) is 1. The second kappa shape index (κ2) is 4.54. The van der Waals surface area contributed by atoms with Crippen molar-refractivity contribution in [3.8, 4) is 0 Å². The Bertz CT molecular complexity index is 331. The van der Waals surface area contributed by atoms with Crippen molar-refractivity contribution in [2.24, 2.45) is 5.92 Å². The Labute approximate surface area is 99.6 Å². The number of hydrogen-bond donors (Lipinski definition) is 1. The molecule has 1 atom stereocenters. The van der Waals surface area contributed by atoms with Crippen LogP contribution in [0.4, 0.5) is 5.69 Å². The van der Waals surface area contributed by atoms with Gasteiger partial charge in [0, 0.05) is 23.2 Å². The summed E-state index contributed by atoms with van der Waals surface area (Å²) in [5.74, 6) is 0.842. The number of halogens is 1. The molecule has 1 heterocycles. The van der Waals surface area contributed by atoms with Crippen LogP contribution in [0.1, 0.15) is 18.9 Å². The van der Waals surface area contributed by atoms with Crippen LogP contribution >= 0.6 is 15.9 Å². The van der Waals surface area contributed by atoms with Gasteiger partial charge < -0.3 is 5.73 Å². The molecule has 1 aliphatic rings. The van der Waals surface area contributed by atoms with E-state index in [1.165, 1.54) is 25.1 Å². The lowest BCUT2D eigenvalue weighted by molar-refractivity contribution is 0.320. The molecule has 0 saturated carbocycles. The molecule has 3 heteroatoms. The van der Waals surface area contributed by atoms with Crippen molar-refractivity contribution in [3.63, 3.8) is 0 Å². The van der Waals surface area contributed by atoms with Crippen LogP contribution in [0.3, 0.4) is 0 Å². The van der Waals surface area contributed by atoms with Crippen LogP contribution in [0, 0.1) is 5.92 Å². The first-order chi connectivity index (χ1) is 7.13. The number of nitrogen functional groups attached to an aromatic ring is 1. The van der Waals surface area contributed by atoms with Crippen LogP contribution in [0.5, 0.6) is 0 Å². The summed E-state index contributed by atoms with van der Waals surface area (Å²) in [6.45, 7) is 5.77. The molecular weight excluding hydrogens is 252 g/mol. The summed E-state index contributed by atoms with van der Waals surface area (Å²) in [6, 6.07) is 6.16. The van der Waals surface area contributed by atoms with Gasteiger partial charge in [0.1, 0.15) is 0 Å². The molecule has 1 aromatic carbocycles. The van der Waals surface area contributed by atoms with Gasteiger partial charge in [-0.05, 0) is 42.6 Å². The smallest absolute Gasteiger partial charge is 0.0328 e. The molecular formula is C12H17BrN2. The molecule has 2 rings (SSSR count). The molecule has 1 aromatic rings. The number of hydrogen-bond acceptors (Lipinski definition) is 2. The molecule has 1 saturated heterocycles. The SMILES string of the molecule is CC1CCN(Cc2cc(N)cc(Br)c2)C1. The summed E-state index contributed by atoms with van der Waals surface area (Å²) >= 11 is 3.48. The minimum atomic E-state index is 0.839. The third-order valence-corrected chi connectivity index (χ3v) is 3.35. The molecule has 0 aromatic heterocycles. The van der Waals surface area contributed by atoms with E-state index in [1.54, 1.807) is 0 Å². The number of nitrogens with zero attached hydrogens (tertiary/aromatic N) is 1. The van der Waals surface area contributed by atoms with Gasteiger partial charge in [-0.1, -0.05) is 22.9 Å². The molecule has 0 radical (unpaired) electrons. The zero-order valence-corrected chi connectivity index (χ0v) is 10.6. The maximum Gasteiger partial charge on any atom is 0.0328 e. The van der Waals surface area contributed by atoms with Gasteiger partial charge in [0.05, 0.1) is 0 Å². The first-order valence-corrected chi connectivity index (χ1v) is 6.20. The van der Waals surface area contributed by atoms with Gasteiger partial charge in [-0.2, -0.15) is 0 Å². The molecule has 2 nitrogen and oxygen atoms in total. The zero-order valence-electron chi connectivity index (χ0n) is 9.04. The lowest BCUT2D eigenvalue weighted by Crippen LogP contribution is -2.19. The van der Waals surface area contributed by atoms with E-state index in [0.29, 0.717) is 0 Å².